The van der Waals surface area contributed by atoms with Crippen molar-refractivity contribution in [2.75, 3.05) is 24.2 Å². The molecule has 0 bridgehead atoms. The largest absolute Gasteiger partial charge is 0.356 e. The van der Waals surface area contributed by atoms with Crippen molar-refractivity contribution in [1.29, 1.82) is 0 Å². The molecule has 0 radical (unpaired) electrons. The number of carbonyl (C=O) groups is 2. The van der Waals surface area contributed by atoms with Gasteiger partial charge in [-0.3, -0.25) is 9.59 Å². The lowest BCUT2D eigenvalue weighted by Gasteiger charge is -2.31. The number of nitrogens with one attached hydrogen (secondary N) is 1. The second kappa shape index (κ2) is 10.2. The molecule has 0 aliphatic carbocycles. The second-order valence-electron chi connectivity index (χ2n) is 5.73. The number of piperidine rings is 1. The van der Waals surface area contributed by atoms with Gasteiger partial charge in [0.15, 0.2) is 0 Å². The van der Waals surface area contributed by atoms with Crippen LogP contribution in [-0.4, -0.2) is 49.4 Å². The number of carbonyl (C=O) groups excluding carboxylic acids is 2. The number of rotatable bonds is 9. The highest BCUT2D eigenvalue weighted by molar-refractivity contribution is 9.09. The van der Waals surface area contributed by atoms with Crippen LogP contribution in [0.25, 0.3) is 0 Å². The van der Waals surface area contributed by atoms with Crippen molar-refractivity contribution in [2.45, 2.75) is 45.4 Å². The number of likely N-dealkylation sites (tertiary alicyclic amines) is 1. The molecule has 0 atom stereocenters. The van der Waals surface area contributed by atoms with Crippen LogP contribution < -0.4 is 4.89 Å². The van der Waals surface area contributed by atoms with E-state index >= 15 is 0 Å². The summed E-state index contributed by atoms with van der Waals surface area (Å²) < 4.78 is 23.0. The lowest BCUT2D eigenvalue weighted by atomic mass is 9.92. The highest BCUT2D eigenvalue weighted by Gasteiger charge is 2.23. The summed E-state index contributed by atoms with van der Waals surface area (Å²) in [4.78, 5) is 31.4. The summed E-state index contributed by atoms with van der Waals surface area (Å²) in [5.41, 5.74) is 0. The molecule has 1 aliphatic rings. The zero-order chi connectivity index (χ0) is 17.3. The third-order valence-corrected chi connectivity index (χ3v) is 5.53. The first-order valence-electron chi connectivity index (χ1n) is 7.90. The van der Waals surface area contributed by atoms with Gasteiger partial charge in [-0.1, -0.05) is 29.3 Å². The third-order valence-electron chi connectivity index (χ3n) is 3.89. The van der Waals surface area contributed by atoms with E-state index in [9.17, 15) is 18.0 Å². The molecule has 1 rings (SSSR count). The fourth-order valence-electron chi connectivity index (χ4n) is 2.41. The zero-order valence-corrected chi connectivity index (χ0v) is 15.8. The molecular weight excluding hydrogens is 388 g/mol. The van der Waals surface area contributed by atoms with Crippen LogP contribution in [0.5, 0.6) is 0 Å². The van der Waals surface area contributed by atoms with E-state index in [4.69, 9.17) is 0 Å². The van der Waals surface area contributed by atoms with Gasteiger partial charge in [0.2, 0.25) is 15.9 Å². The molecule has 134 valence electrons. The maximum atomic E-state index is 11.6. The van der Waals surface area contributed by atoms with E-state index in [-0.39, 0.29) is 18.1 Å². The normalized spacial score (nSPS) is 16.3. The molecule has 1 heterocycles. The van der Waals surface area contributed by atoms with Crippen LogP contribution in [0.4, 0.5) is 0 Å². The first kappa shape index (κ1) is 20.4. The minimum absolute atomic E-state index is 0.0448. The smallest absolute Gasteiger partial charge is 0.326 e. The maximum Gasteiger partial charge on any atom is 0.326 e. The number of sulfonamides is 1. The highest BCUT2D eigenvalue weighted by Crippen LogP contribution is 2.22. The molecule has 1 fully saturated rings. The van der Waals surface area contributed by atoms with E-state index in [0.29, 0.717) is 37.2 Å². The number of hydrogen-bond donors (Lipinski definition) is 1. The lowest BCUT2D eigenvalue weighted by Crippen LogP contribution is -2.39. The predicted molar refractivity (Wildman–Crippen MR) is 90.3 cm³/mol. The summed E-state index contributed by atoms with van der Waals surface area (Å²) in [6, 6.07) is 0. The van der Waals surface area contributed by atoms with Gasteiger partial charge >= 0.3 is 5.97 Å². The van der Waals surface area contributed by atoms with Gasteiger partial charge in [0.05, 0.1) is 11.1 Å². The molecule has 9 heteroatoms. The number of alkyl halides is 1. The van der Waals surface area contributed by atoms with Crippen molar-refractivity contribution in [3.8, 4) is 0 Å². The van der Waals surface area contributed by atoms with E-state index < -0.39 is 16.0 Å². The fraction of sp³-hybridized carbons (Fsp3) is 0.857. The van der Waals surface area contributed by atoms with Crippen LogP contribution in [0.3, 0.4) is 0 Å². The molecule has 1 aliphatic heterocycles. The Hall–Kier alpha value is -0.670. The molecule has 0 saturated carbocycles. The summed E-state index contributed by atoms with van der Waals surface area (Å²) in [6.45, 7) is 3.29. The molecule has 0 spiro atoms. The van der Waals surface area contributed by atoms with Crippen LogP contribution >= 0.6 is 15.9 Å². The van der Waals surface area contributed by atoms with E-state index in [0.717, 1.165) is 19.3 Å². The van der Waals surface area contributed by atoms with Crippen molar-refractivity contribution in [1.82, 2.24) is 9.79 Å². The summed E-state index contributed by atoms with van der Waals surface area (Å²) in [6.07, 6.45) is 3.81. The van der Waals surface area contributed by atoms with E-state index in [2.05, 4.69) is 20.8 Å². The van der Waals surface area contributed by atoms with Crippen LogP contribution in [0.15, 0.2) is 0 Å². The van der Waals surface area contributed by atoms with Crippen molar-refractivity contribution < 1.29 is 22.8 Å². The molecule has 0 aromatic rings. The van der Waals surface area contributed by atoms with Crippen LogP contribution in [0.2, 0.25) is 0 Å². The van der Waals surface area contributed by atoms with Gasteiger partial charge in [-0.2, -0.15) is 0 Å². The van der Waals surface area contributed by atoms with E-state index in [1.54, 1.807) is 0 Å². The summed E-state index contributed by atoms with van der Waals surface area (Å²) in [5.74, 6) is -0.163. The molecule has 7 nitrogen and oxygen atoms in total. The topological polar surface area (TPSA) is 92.8 Å². The molecule has 0 aromatic carbocycles. The molecule has 1 saturated heterocycles. The summed E-state index contributed by atoms with van der Waals surface area (Å²) >= 11 is 3.16. The zero-order valence-electron chi connectivity index (χ0n) is 13.4. The van der Waals surface area contributed by atoms with Gasteiger partial charge in [-0.15, -0.1) is 0 Å². The minimum Gasteiger partial charge on any atom is -0.356 e. The molecular formula is C14H25BrN2O5S. The summed E-state index contributed by atoms with van der Waals surface area (Å²) in [5, 5.41) is 0.335. The number of nitrogens with zero attached hydrogens (tertiary/aromatic N) is 1. The van der Waals surface area contributed by atoms with Crippen molar-refractivity contribution in [2.24, 2.45) is 5.92 Å². The van der Waals surface area contributed by atoms with E-state index in [1.165, 1.54) is 0 Å². The Morgan fingerprint density at radius 2 is 1.96 bits per heavy atom. The highest BCUT2D eigenvalue weighted by atomic mass is 79.9. The average molecular weight is 413 g/mol. The first-order chi connectivity index (χ1) is 10.9. The van der Waals surface area contributed by atoms with E-state index in [1.807, 2.05) is 16.7 Å². The maximum absolute atomic E-state index is 11.6. The van der Waals surface area contributed by atoms with Gasteiger partial charge in [-0.25, -0.2) is 8.42 Å². The molecule has 0 aromatic heterocycles. The van der Waals surface area contributed by atoms with Crippen molar-refractivity contribution in [3.63, 3.8) is 0 Å². The summed E-state index contributed by atoms with van der Waals surface area (Å²) in [7, 11) is -3.54. The van der Waals surface area contributed by atoms with Gasteiger partial charge in [0.25, 0.3) is 0 Å². The predicted octanol–water partition coefficient (Wildman–Crippen LogP) is 1.58. The quantitative estimate of drug-likeness (QED) is 0.458. The van der Waals surface area contributed by atoms with Crippen molar-refractivity contribution >= 4 is 37.8 Å². The van der Waals surface area contributed by atoms with Gasteiger partial charge in [0.1, 0.15) is 0 Å². The van der Waals surface area contributed by atoms with Crippen LogP contribution in [0, 0.1) is 5.92 Å². The Bertz CT molecular complexity index is 489. The molecule has 23 heavy (non-hydrogen) atoms. The van der Waals surface area contributed by atoms with Crippen molar-refractivity contribution in [3.05, 3.63) is 0 Å². The monoisotopic (exact) mass is 412 g/mol. The number of unbranched alkanes of at least 4 members (excludes halogenated alkanes) is 1. The third kappa shape index (κ3) is 8.12. The SMILES string of the molecule is CCCCS(=O)(=O)NOC(=O)CCC1CCN(C(=O)CBr)CC1. The fourth-order valence-corrected chi connectivity index (χ4v) is 3.74. The lowest BCUT2D eigenvalue weighted by molar-refractivity contribution is -0.147. The molecule has 0 unspecified atom stereocenters. The minimum atomic E-state index is -3.54. The second-order valence-corrected chi connectivity index (χ2v) is 8.09. The first-order valence-corrected chi connectivity index (χ1v) is 10.7. The number of halogens is 1. The number of hydrogen-bond acceptors (Lipinski definition) is 5. The standard InChI is InChI=1S/C14H25BrN2O5S/c1-2-3-10-23(20,21)16-22-14(19)5-4-12-6-8-17(9-7-12)13(18)11-15/h12,16H,2-11H2,1H3. The van der Waals surface area contributed by atoms with Crippen LogP contribution in [0.1, 0.15) is 45.4 Å². The van der Waals surface area contributed by atoms with Gasteiger partial charge in [0, 0.05) is 19.5 Å². The Labute approximate surface area is 146 Å². The molecule has 1 amide bonds. The van der Waals surface area contributed by atoms with Gasteiger partial charge < -0.3 is 9.74 Å². The number of amides is 1. The Kier molecular flexibility index (Phi) is 9.08. The molecule has 1 N–H and O–H groups in total. The van der Waals surface area contributed by atoms with Gasteiger partial charge in [-0.05, 0) is 36.5 Å². The Balaban J connectivity index is 2.21. The Morgan fingerprint density at radius 3 is 2.52 bits per heavy atom. The average Bonchev–Trinajstić information content (AvgIpc) is 2.56. The Morgan fingerprint density at radius 1 is 1.30 bits per heavy atom. The van der Waals surface area contributed by atoms with Crippen LogP contribution in [-0.2, 0) is 24.4 Å².